The van der Waals surface area contributed by atoms with E-state index in [4.69, 9.17) is 4.74 Å². The molecule has 1 aliphatic heterocycles. The summed E-state index contributed by atoms with van der Waals surface area (Å²) in [5.41, 5.74) is 0.699. The van der Waals surface area contributed by atoms with Crippen molar-refractivity contribution < 1.29 is 9.53 Å². The van der Waals surface area contributed by atoms with Crippen LogP contribution in [0.2, 0.25) is 0 Å². The molecule has 0 unspecified atom stereocenters. The average molecular weight is 376 g/mol. The molecule has 0 radical (unpaired) electrons. The van der Waals surface area contributed by atoms with Crippen molar-refractivity contribution >= 4 is 5.91 Å². The van der Waals surface area contributed by atoms with E-state index in [1.807, 2.05) is 76.4 Å². The standard InChI is InChI=1S/C22H24N4O2/c27-22(19-7-9-21(10-8-19)28-20-5-2-1-3-6-20)25-16-13-24(14-17-25)15-18-26-12-4-11-23-26/h1-12H,13-18H2. The minimum atomic E-state index is 0.0815. The highest BCUT2D eigenvalue weighted by molar-refractivity contribution is 5.94. The maximum Gasteiger partial charge on any atom is 0.253 e. The second-order valence-corrected chi connectivity index (χ2v) is 6.84. The molecule has 0 saturated carbocycles. The fourth-order valence-electron chi connectivity index (χ4n) is 3.32. The monoisotopic (exact) mass is 376 g/mol. The molecule has 1 aliphatic rings. The number of rotatable bonds is 6. The lowest BCUT2D eigenvalue weighted by Gasteiger charge is -2.34. The summed E-state index contributed by atoms with van der Waals surface area (Å²) in [7, 11) is 0. The predicted molar refractivity (Wildman–Crippen MR) is 108 cm³/mol. The van der Waals surface area contributed by atoms with Gasteiger partial charge in [0.2, 0.25) is 0 Å². The summed E-state index contributed by atoms with van der Waals surface area (Å²) in [5, 5.41) is 4.23. The molecule has 0 atom stereocenters. The zero-order chi connectivity index (χ0) is 19.2. The third-order valence-electron chi connectivity index (χ3n) is 4.94. The molecule has 1 amide bonds. The van der Waals surface area contributed by atoms with Gasteiger partial charge in [-0.15, -0.1) is 0 Å². The minimum absolute atomic E-state index is 0.0815. The highest BCUT2D eigenvalue weighted by atomic mass is 16.5. The largest absolute Gasteiger partial charge is 0.457 e. The lowest BCUT2D eigenvalue weighted by Crippen LogP contribution is -2.49. The average Bonchev–Trinajstić information content (AvgIpc) is 3.27. The lowest BCUT2D eigenvalue weighted by atomic mass is 10.1. The molecular weight excluding hydrogens is 352 g/mol. The number of aromatic nitrogens is 2. The molecule has 28 heavy (non-hydrogen) atoms. The van der Waals surface area contributed by atoms with E-state index in [0.29, 0.717) is 5.56 Å². The van der Waals surface area contributed by atoms with Crippen LogP contribution in [0.3, 0.4) is 0 Å². The Kier molecular flexibility index (Phi) is 5.68. The molecule has 1 fully saturated rings. The number of benzene rings is 2. The van der Waals surface area contributed by atoms with Gasteiger partial charge in [0.1, 0.15) is 11.5 Å². The molecule has 0 bridgehead atoms. The first-order chi connectivity index (χ1) is 13.8. The van der Waals surface area contributed by atoms with Crippen LogP contribution in [0, 0.1) is 0 Å². The zero-order valence-electron chi connectivity index (χ0n) is 15.8. The SMILES string of the molecule is O=C(c1ccc(Oc2ccccc2)cc1)N1CCN(CCn2cccn2)CC1. The Bertz CT molecular complexity index is 871. The van der Waals surface area contributed by atoms with E-state index in [2.05, 4.69) is 10.00 Å². The van der Waals surface area contributed by atoms with Gasteiger partial charge in [0.15, 0.2) is 0 Å². The quantitative estimate of drug-likeness (QED) is 0.663. The van der Waals surface area contributed by atoms with Crippen molar-refractivity contribution in [2.45, 2.75) is 6.54 Å². The molecule has 1 saturated heterocycles. The van der Waals surface area contributed by atoms with Gasteiger partial charge >= 0.3 is 0 Å². The van der Waals surface area contributed by atoms with Gasteiger partial charge in [-0.25, -0.2) is 0 Å². The summed E-state index contributed by atoms with van der Waals surface area (Å²) in [5.74, 6) is 1.59. The molecule has 1 aromatic heterocycles. The summed E-state index contributed by atoms with van der Waals surface area (Å²) >= 11 is 0. The maximum atomic E-state index is 12.8. The van der Waals surface area contributed by atoms with Gasteiger partial charge in [-0.2, -0.15) is 5.10 Å². The van der Waals surface area contributed by atoms with Gasteiger partial charge < -0.3 is 9.64 Å². The van der Waals surface area contributed by atoms with Crippen LogP contribution < -0.4 is 4.74 Å². The van der Waals surface area contributed by atoms with Gasteiger partial charge in [-0.3, -0.25) is 14.4 Å². The van der Waals surface area contributed by atoms with Gasteiger partial charge in [0.05, 0.1) is 6.54 Å². The van der Waals surface area contributed by atoms with E-state index in [-0.39, 0.29) is 5.91 Å². The fraction of sp³-hybridized carbons (Fsp3) is 0.273. The van der Waals surface area contributed by atoms with Crippen molar-refractivity contribution in [1.82, 2.24) is 19.6 Å². The molecular formula is C22H24N4O2. The number of carbonyl (C=O) groups excluding carboxylic acids is 1. The normalized spacial score (nSPS) is 14.8. The Morgan fingerprint density at radius 3 is 2.25 bits per heavy atom. The Morgan fingerprint density at radius 1 is 0.857 bits per heavy atom. The predicted octanol–water partition coefficient (Wildman–Crippen LogP) is 3.13. The lowest BCUT2D eigenvalue weighted by molar-refractivity contribution is 0.0632. The summed E-state index contributed by atoms with van der Waals surface area (Å²) in [6.45, 7) is 5.11. The van der Waals surface area contributed by atoms with Crippen LogP contribution in [0.1, 0.15) is 10.4 Å². The van der Waals surface area contributed by atoms with Gasteiger partial charge in [-0.1, -0.05) is 18.2 Å². The third kappa shape index (κ3) is 4.58. The topological polar surface area (TPSA) is 50.6 Å². The van der Waals surface area contributed by atoms with Gasteiger partial charge in [-0.05, 0) is 42.5 Å². The van der Waals surface area contributed by atoms with Crippen LogP contribution in [-0.2, 0) is 6.54 Å². The Morgan fingerprint density at radius 2 is 1.57 bits per heavy atom. The zero-order valence-corrected chi connectivity index (χ0v) is 15.8. The smallest absolute Gasteiger partial charge is 0.253 e. The summed E-state index contributed by atoms with van der Waals surface area (Å²) < 4.78 is 7.73. The van der Waals surface area contributed by atoms with Crippen molar-refractivity contribution in [3.05, 3.63) is 78.6 Å². The minimum Gasteiger partial charge on any atom is -0.457 e. The highest BCUT2D eigenvalue weighted by Crippen LogP contribution is 2.21. The molecule has 6 heteroatoms. The number of ether oxygens (including phenoxy) is 1. The summed E-state index contributed by atoms with van der Waals surface area (Å²) in [6, 6.07) is 18.9. The van der Waals surface area contributed by atoms with Crippen molar-refractivity contribution in [3.8, 4) is 11.5 Å². The van der Waals surface area contributed by atoms with Gasteiger partial charge in [0.25, 0.3) is 5.91 Å². The molecule has 4 rings (SSSR count). The molecule has 6 nitrogen and oxygen atoms in total. The Hall–Kier alpha value is -3.12. The first kappa shape index (κ1) is 18.3. The molecule has 3 aromatic rings. The van der Waals surface area contributed by atoms with Crippen LogP contribution in [0.25, 0.3) is 0 Å². The molecule has 0 spiro atoms. The van der Waals surface area contributed by atoms with Crippen LogP contribution >= 0.6 is 0 Å². The van der Waals surface area contributed by atoms with Crippen LogP contribution in [0.4, 0.5) is 0 Å². The van der Waals surface area contributed by atoms with Crippen molar-refractivity contribution in [2.24, 2.45) is 0 Å². The second kappa shape index (κ2) is 8.71. The molecule has 2 heterocycles. The van der Waals surface area contributed by atoms with E-state index in [9.17, 15) is 4.79 Å². The maximum absolute atomic E-state index is 12.8. The molecule has 144 valence electrons. The molecule has 2 aromatic carbocycles. The fourth-order valence-corrected chi connectivity index (χ4v) is 3.32. The number of amides is 1. The van der Waals surface area contributed by atoms with Crippen molar-refractivity contribution in [1.29, 1.82) is 0 Å². The highest BCUT2D eigenvalue weighted by Gasteiger charge is 2.22. The number of hydrogen-bond acceptors (Lipinski definition) is 4. The van der Waals surface area contributed by atoms with E-state index in [1.54, 1.807) is 6.20 Å². The van der Waals surface area contributed by atoms with Crippen LogP contribution in [-0.4, -0.2) is 58.2 Å². The van der Waals surface area contributed by atoms with Crippen LogP contribution in [0.5, 0.6) is 11.5 Å². The van der Waals surface area contributed by atoms with E-state index < -0.39 is 0 Å². The number of piperazine rings is 1. The third-order valence-corrected chi connectivity index (χ3v) is 4.94. The molecule has 0 aliphatic carbocycles. The number of hydrogen-bond donors (Lipinski definition) is 0. The van der Waals surface area contributed by atoms with E-state index in [1.165, 1.54) is 0 Å². The number of nitrogens with zero attached hydrogens (tertiary/aromatic N) is 4. The number of carbonyl (C=O) groups is 1. The first-order valence-electron chi connectivity index (χ1n) is 9.60. The summed E-state index contributed by atoms with van der Waals surface area (Å²) in [6.07, 6.45) is 3.78. The molecule has 0 N–H and O–H groups in total. The van der Waals surface area contributed by atoms with Crippen molar-refractivity contribution in [2.75, 3.05) is 32.7 Å². The van der Waals surface area contributed by atoms with Crippen molar-refractivity contribution in [3.63, 3.8) is 0 Å². The van der Waals surface area contributed by atoms with E-state index >= 15 is 0 Å². The summed E-state index contributed by atoms with van der Waals surface area (Å²) in [4.78, 5) is 17.1. The van der Waals surface area contributed by atoms with Gasteiger partial charge in [0, 0.05) is 50.7 Å². The van der Waals surface area contributed by atoms with E-state index in [0.717, 1.165) is 50.8 Å². The Balaban J connectivity index is 1.27. The number of para-hydroxylation sites is 1. The Labute approximate surface area is 164 Å². The second-order valence-electron chi connectivity index (χ2n) is 6.84. The first-order valence-corrected chi connectivity index (χ1v) is 9.60. The van der Waals surface area contributed by atoms with Crippen LogP contribution in [0.15, 0.2) is 73.1 Å².